The van der Waals surface area contributed by atoms with E-state index in [1.807, 2.05) is 0 Å². The van der Waals surface area contributed by atoms with Crippen molar-refractivity contribution in [1.29, 1.82) is 0 Å². The molecule has 0 spiro atoms. The first kappa shape index (κ1) is 11.0. The van der Waals surface area contributed by atoms with Crippen molar-refractivity contribution in [3.05, 3.63) is 18.2 Å². The van der Waals surface area contributed by atoms with Crippen molar-refractivity contribution in [3.63, 3.8) is 0 Å². The molecule has 5 nitrogen and oxygen atoms in total. The number of carbonyl (C=O) groups is 1. The lowest BCUT2D eigenvalue weighted by atomic mass is 10.2. The van der Waals surface area contributed by atoms with Crippen LogP contribution >= 0.6 is 24.8 Å². The van der Waals surface area contributed by atoms with Gasteiger partial charge in [-0.1, -0.05) is 12.2 Å². The van der Waals surface area contributed by atoms with Crippen LogP contribution in [0.1, 0.15) is 5.69 Å². The molecule has 0 aromatic carbocycles. The number of imidazole rings is 1. The van der Waals surface area contributed by atoms with Crippen LogP contribution in [0.25, 0.3) is 0 Å². The van der Waals surface area contributed by atoms with Crippen molar-refractivity contribution in [3.8, 4) is 0 Å². The summed E-state index contributed by atoms with van der Waals surface area (Å²) in [6.45, 7) is 0. The number of aromatic nitrogens is 2. The first-order valence-corrected chi connectivity index (χ1v) is 4.64. The molecule has 0 fully saturated rings. The SMILES string of the molecule is O=C(O)C(Cc1cnc[nH]1)NC(=S)S. The van der Waals surface area contributed by atoms with Gasteiger partial charge in [0.2, 0.25) is 0 Å². The van der Waals surface area contributed by atoms with Crippen LogP contribution in [0.4, 0.5) is 0 Å². The Bertz CT molecular complexity index is 326. The highest BCUT2D eigenvalue weighted by atomic mass is 32.1. The van der Waals surface area contributed by atoms with E-state index < -0.39 is 12.0 Å². The van der Waals surface area contributed by atoms with Crippen LogP contribution in [0, 0.1) is 0 Å². The third-order valence-corrected chi connectivity index (χ3v) is 1.82. The van der Waals surface area contributed by atoms with Gasteiger partial charge in [0.15, 0.2) is 0 Å². The van der Waals surface area contributed by atoms with E-state index in [0.717, 1.165) is 5.69 Å². The van der Waals surface area contributed by atoms with Crippen molar-refractivity contribution in [1.82, 2.24) is 15.3 Å². The van der Waals surface area contributed by atoms with Gasteiger partial charge in [-0.05, 0) is 0 Å². The maximum Gasteiger partial charge on any atom is 0.326 e. The lowest BCUT2D eigenvalue weighted by Crippen LogP contribution is -2.39. The molecule has 0 aliphatic carbocycles. The predicted octanol–water partition coefficient (Wildman–Crippen LogP) is 0.210. The van der Waals surface area contributed by atoms with Gasteiger partial charge in [0.1, 0.15) is 10.4 Å². The average Bonchev–Trinajstić information content (AvgIpc) is 2.54. The predicted molar refractivity (Wildman–Crippen MR) is 58.4 cm³/mol. The summed E-state index contributed by atoms with van der Waals surface area (Å²) in [4.78, 5) is 17.4. The molecule has 14 heavy (non-hydrogen) atoms. The summed E-state index contributed by atoms with van der Waals surface area (Å²) in [5, 5.41) is 11.4. The van der Waals surface area contributed by atoms with Gasteiger partial charge >= 0.3 is 5.97 Å². The lowest BCUT2D eigenvalue weighted by Gasteiger charge is -2.12. The fraction of sp³-hybridized carbons (Fsp3) is 0.286. The molecule has 0 aliphatic heterocycles. The van der Waals surface area contributed by atoms with E-state index >= 15 is 0 Å². The fourth-order valence-electron chi connectivity index (χ4n) is 0.965. The van der Waals surface area contributed by atoms with Gasteiger partial charge in [0.05, 0.1) is 6.33 Å². The zero-order valence-electron chi connectivity index (χ0n) is 7.10. The zero-order valence-corrected chi connectivity index (χ0v) is 8.81. The minimum absolute atomic E-state index is 0.164. The number of nitrogens with zero attached hydrogens (tertiary/aromatic N) is 1. The molecule has 1 atom stereocenters. The van der Waals surface area contributed by atoms with Crippen LogP contribution in [-0.4, -0.2) is 31.4 Å². The summed E-state index contributed by atoms with van der Waals surface area (Å²) in [5.74, 6) is -0.976. The summed E-state index contributed by atoms with van der Waals surface area (Å²) in [7, 11) is 0. The second-order valence-corrected chi connectivity index (χ2v) is 3.78. The van der Waals surface area contributed by atoms with Gasteiger partial charge in [-0.2, -0.15) is 0 Å². The Kier molecular flexibility index (Phi) is 3.90. The highest BCUT2D eigenvalue weighted by Crippen LogP contribution is 1.99. The number of carboxylic acids is 1. The van der Waals surface area contributed by atoms with Gasteiger partial charge in [-0.25, -0.2) is 9.78 Å². The molecular weight excluding hydrogens is 222 g/mol. The zero-order chi connectivity index (χ0) is 10.6. The van der Waals surface area contributed by atoms with Crippen molar-refractivity contribution >= 4 is 35.1 Å². The number of thiol groups is 1. The molecule has 1 heterocycles. The quantitative estimate of drug-likeness (QED) is 0.440. The summed E-state index contributed by atoms with van der Waals surface area (Å²) < 4.78 is 0.164. The van der Waals surface area contributed by atoms with E-state index in [9.17, 15) is 4.79 Å². The number of hydrogen-bond donors (Lipinski definition) is 4. The number of aliphatic carboxylic acids is 1. The molecule has 76 valence electrons. The van der Waals surface area contributed by atoms with E-state index in [2.05, 4.69) is 40.1 Å². The first-order chi connectivity index (χ1) is 6.59. The summed E-state index contributed by atoms with van der Waals surface area (Å²) in [5.41, 5.74) is 0.731. The summed E-state index contributed by atoms with van der Waals surface area (Å²) in [6.07, 6.45) is 3.35. The summed E-state index contributed by atoms with van der Waals surface area (Å²) in [6, 6.07) is -0.777. The van der Waals surface area contributed by atoms with Crippen LogP contribution in [-0.2, 0) is 11.2 Å². The molecule has 0 bridgehead atoms. The van der Waals surface area contributed by atoms with Gasteiger partial charge in [-0.3, -0.25) is 0 Å². The Balaban J connectivity index is 2.60. The summed E-state index contributed by atoms with van der Waals surface area (Å²) >= 11 is 8.47. The number of rotatable bonds is 4. The Hall–Kier alpha value is -1.08. The third kappa shape index (κ3) is 3.35. The van der Waals surface area contributed by atoms with Crippen LogP contribution in [0.15, 0.2) is 12.5 Å². The number of aromatic amines is 1. The maximum atomic E-state index is 10.8. The number of thiocarbonyl (C=S) groups is 1. The smallest absolute Gasteiger partial charge is 0.326 e. The normalized spacial score (nSPS) is 12.1. The molecule has 1 unspecified atom stereocenters. The third-order valence-electron chi connectivity index (χ3n) is 1.57. The van der Waals surface area contributed by atoms with E-state index in [0.29, 0.717) is 0 Å². The first-order valence-electron chi connectivity index (χ1n) is 3.79. The highest BCUT2D eigenvalue weighted by Gasteiger charge is 2.18. The molecule has 7 heteroatoms. The minimum Gasteiger partial charge on any atom is -0.480 e. The molecule has 1 aromatic heterocycles. The van der Waals surface area contributed by atoms with Crippen LogP contribution in [0.5, 0.6) is 0 Å². The standard InChI is InChI=1S/C7H9N3O2S2/c11-6(12)5(10-7(13)14)1-4-2-8-3-9-4/h2-3,5H,1H2,(H,8,9)(H,11,12)(H2,10,13,14). The van der Waals surface area contributed by atoms with E-state index in [1.54, 1.807) is 6.20 Å². The van der Waals surface area contributed by atoms with Crippen LogP contribution in [0.2, 0.25) is 0 Å². The van der Waals surface area contributed by atoms with Gasteiger partial charge in [0.25, 0.3) is 0 Å². The van der Waals surface area contributed by atoms with Crippen molar-refractivity contribution in [2.24, 2.45) is 0 Å². The lowest BCUT2D eigenvalue weighted by molar-refractivity contribution is -0.139. The fourth-order valence-corrected chi connectivity index (χ4v) is 1.26. The van der Waals surface area contributed by atoms with Crippen LogP contribution < -0.4 is 5.32 Å². The largest absolute Gasteiger partial charge is 0.480 e. The van der Waals surface area contributed by atoms with Gasteiger partial charge in [-0.15, -0.1) is 12.6 Å². The molecule has 0 aliphatic rings. The van der Waals surface area contributed by atoms with Crippen LogP contribution in [0.3, 0.4) is 0 Å². The molecular formula is C7H9N3O2S2. The van der Waals surface area contributed by atoms with Crippen molar-refractivity contribution in [2.75, 3.05) is 0 Å². The van der Waals surface area contributed by atoms with E-state index in [1.165, 1.54) is 6.33 Å². The van der Waals surface area contributed by atoms with Gasteiger partial charge < -0.3 is 15.4 Å². The molecule has 1 aromatic rings. The molecule has 0 saturated heterocycles. The van der Waals surface area contributed by atoms with Crippen molar-refractivity contribution in [2.45, 2.75) is 12.5 Å². The Morgan fingerprint density at radius 3 is 3.00 bits per heavy atom. The Morgan fingerprint density at radius 2 is 2.57 bits per heavy atom. The second-order valence-electron chi connectivity index (χ2n) is 2.62. The number of carboxylic acid groups (broad SMARTS) is 1. The highest BCUT2D eigenvalue weighted by molar-refractivity contribution is 8.11. The molecule has 0 saturated carbocycles. The number of hydrogen-bond acceptors (Lipinski definition) is 3. The second kappa shape index (κ2) is 4.97. The topological polar surface area (TPSA) is 78.0 Å². The van der Waals surface area contributed by atoms with Crippen molar-refractivity contribution < 1.29 is 9.90 Å². The monoisotopic (exact) mass is 231 g/mol. The minimum atomic E-state index is -0.976. The average molecular weight is 231 g/mol. The van der Waals surface area contributed by atoms with Gasteiger partial charge in [0, 0.05) is 18.3 Å². The molecule has 1 rings (SSSR count). The molecule has 0 radical (unpaired) electrons. The van der Waals surface area contributed by atoms with E-state index in [4.69, 9.17) is 5.11 Å². The Labute approximate surface area is 91.3 Å². The van der Waals surface area contributed by atoms with E-state index in [-0.39, 0.29) is 10.7 Å². The molecule has 0 amide bonds. The number of H-pyrrole nitrogens is 1. The number of nitrogens with one attached hydrogen (secondary N) is 2. The molecule has 3 N–H and O–H groups in total. The maximum absolute atomic E-state index is 10.8. The Morgan fingerprint density at radius 1 is 1.86 bits per heavy atom.